The van der Waals surface area contributed by atoms with Crippen molar-refractivity contribution in [2.24, 2.45) is 0 Å². The molecule has 0 saturated carbocycles. The number of fused-ring (bicyclic) bond motifs is 1. The summed E-state index contributed by atoms with van der Waals surface area (Å²) < 4.78 is 0.958. The number of aromatic nitrogens is 1. The summed E-state index contributed by atoms with van der Waals surface area (Å²) >= 11 is 7.26. The van der Waals surface area contributed by atoms with E-state index >= 15 is 0 Å². The summed E-state index contributed by atoms with van der Waals surface area (Å²) in [6.07, 6.45) is 0. The van der Waals surface area contributed by atoms with Gasteiger partial charge in [0.1, 0.15) is 0 Å². The molecular weight excluding hydrogens is 246 g/mol. The Labute approximate surface area is 102 Å². The number of anilines is 1. The number of thiazole rings is 1. The zero-order valence-electron chi connectivity index (χ0n) is 8.58. The van der Waals surface area contributed by atoms with Gasteiger partial charge in [0.15, 0.2) is 5.13 Å². The topological polar surface area (TPSA) is 54.0 Å². The predicted octanol–water partition coefficient (Wildman–Crippen LogP) is 3.09. The zero-order chi connectivity index (χ0) is 11.5. The summed E-state index contributed by atoms with van der Waals surface area (Å²) in [4.78, 5) is 15.5. The lowest BCUT2D eigenvalue weighted by Crippen LogP contribution is -2.28. The quantitative estimate of drug-likeness (QED) is 0.866. The summed E-state index contributed by atoms with van der Waals surface area (Å²) in [5.74, 6) is 0. The van der Waals surface area contributed by atoms with E-state index < -0.39 is 0 Å². The monoisotopic (exact) mass is 255 g/mol. The van der Waals surface area contributed by atoms with Crippen molar-refractivity contribution in [1.82, 2.24) is 10.3 Å². The van der Waals surface area contributed by atoms with E-state index in [1.54, 1.807) is 6.07 Å². The summed E-state index contributed by atoms with van der Waals surface area (Å²) in [6.45, 7) is 2.44. The molecule has 1 heterocycles. The van der Waals surface area contributed by atoms with Crippen LogP contribution in [0.2, 0.25) is 5.02 Å². The zero-order valence-corrected chi connectivity index (χ0v) is 10.2. The summed E-state index contributed by atoms with van der Waals surface area (Å²) in [5.41, 5.74) is 0.834. The number of amides is 2. The van der Waals surface area contributed by atoms with Gasteiger partial charge in [-0.05, 0) is 25.1 Å². The summed E-state index contributed by atoms with van der Waals surface area (Å²) in [5, 5.41) is 6.55. The van der Waals surface area contributed by atoms with Gasteiger partial charge in [-0.15, -0.1) is 0 Å². The molecule has 0 unspecified atom stereocenters. The molecule has 2 N–H and O–H groups in total. The van der Waals surface area contributed by atoms with Crippen LogP contribution in [0.15, 0.2) is 18.2 Å². The van der Waals surface area contributed by atoms with Crippen molar-refractivity contribution in [2.45, 2.75) is 6.92 Å². The predicted molar refractivity (Wildman–Crippen MR) is 67.3 cm³/mol. The van der Waals surface area contributed by atoms with Gasteiger partial charge in [0, 0.05) is 11.6 Å². The van der Waals surface area contributed by atoms with Crippen LogP contribution >= 0.6 is 22.9 Å². The highest BCUT2D eigenvalue weighted by molar-refractivity contribution is 7.22. The van der Waals surface area contributed by atoms with Gasteiger partial charge in [0.05, 0.1) is 10.2 Å². The normalized spacial score (nSPS) is 10.4. The Balaban J connectivity index is 2.23. The number of benzene rings is 1. The minimum Gasteiger partial charge on any atom is -0.338 e. The average molecular weight is 256 g/mol. The molecule has 0 atom stereocenters. The van der Waals surface area contributed by atoms with E-state index in [9.17, 15) is 4.79 Å². The lowest BCUT2D eigenvalue weighted by atomic mass is 10.3. The molecule has 0 fully saturated rings. The van der Waals surface area contributed by atoms with Gasteiger partial charge in [0.25, 0.3) is 0 Å². The molecule has 16 heavy (non-hydrogen) atoms. The Kier molecular flexibility index (Phi) is 3.26. The average Bonchev–Trinajstić information content (AvgIpc) is 2.59. The number of carbonyl (C=O) groups is 1. The van der Waals surface area contributed by atoms with Crippen LogP contribution in [-0.4, -0.2) is 17.6 Å². The van der Waals surface area contributed by atoms with Crippen molar-refractivity contribution in [3.8, 4) is 0 Å². The first-order valence-corrected chi connectivity index (χ1v) is 5.99. The second kappa shape index (κ2) is 4.67. The third-order valence-corrected chi connectivity index (χ3v) is 3.08. The standard InChI is InChI=1S/C10H10ClN3OS/c1-2-12-9(15)14-10-13-7-4-3-6(11)5-8(7)16-10/h3-5H,2H2,1H3,(H2,12,13,14,15). The molecule has 2 aromatic rings. The van der Waals surface area contributed by atoms with Crippen molar-refractivity contribution in [3.63, 3.8) is 0 Å². The number of hydrogen-bond acceptors (Lipinski definition) is 3. The van der Waals surface area contributed by atoms with Crippen LogP contribution in [0.3, 0.4) is 0 Å². The third kappa shape index (κ3) is 2.43. The first-order chi connectivity index (χ1) is 7.69. The second-order valence-corrected chi connectivity index (χ2v) is 4.58. The van der Waals surface area contributed by atoms with E-state index in [4.69, 9.17) is 11.6 Å². The van der Waals surface area contributed by atoms with Gasteiger partial charge in [-0.25, -0.2) is 9.78 Å². The van der Waals surface area contributed by atoms with Crippen LogP contribution in [0.5, 0.6) is 0 Å². The largest absolute Gasteiger partial charge is 0.338 e. The second-order valence-electron chi connectivity index (χ2n) is 3.12. The molecule has 0 saturated heterocycles. The van der Waals surface area contributed by atoms with Gasteiger partial charge in [0.2, 0.25) is 0 Å². The van der Waals surface area contributed by atoms with Gasteiger partial charge >= 0.3 is 6.03 Å². The lowest BCUT2D eigenvalue weighted by Gasteiger charge is -2.00. The molecular formula is C10H10ClN3OS. The van der Waals surface area contributed by atoms with Gasteiger partial charge in [-0.1, -0.05) is 22.9 Å². The van der Waals surface area contributed by atoms with Gasteiger partial charge in [-0.3, -0.25) is 5.32 Å². The van der Waals surface area contributed by atoms with Gasteiger partial charge in [-0.2, -0.15) is 0 Å². The molecule has 0 aliphatic heterocycles. The van der Waals surface area contributed by atoms with E-state index in [0.29, 0.717) is 16.7 Å². The molecule has 6 heteroatoms. The number of nitrogens with one attached hydrogen (secondary N) is 2. The Morgan fingerprint density at radius 1 is 1.56 bits per heavy atom. The molecule has 4 nitrogen and oxygen atoms in total. The minimum absolute atomic E-state index is 0.243. The number of hydrogen-bond donors (Lipinski definition) is 2. The molecule has 0 aliphatic carbocycles. The van der Waals surface area contributed by atoms with E-state index in [1.807, 2.05) is 19.1 Å². The number of carbonyl (C=O) groups excluding carboxylic acids is 1. The van der Waals surface area contributed by atoms with Gasteiger partial charge < -0.3 is 5.32 Å². The fourth-order valence-electron chi connectivity index (χ4n) is 1.25. The maximum atomic E-state index is 11.3. The molecule has 1 aromatic heterocycles. The molecule has 2 rings (SSSR count). The van der Waals surface area contributed by atoms with Crippen LogP contribution in [0.4, 0.5) is 9.93 Å². The maximum Gasteiger partial charge on any atom is 0.321 e. The van der Waals surface area contributed by atoms with Crippen molar-refractivity contribution >= 4 is 44.3 Å². The summed E-state index contributed by atoms with van der Waals surface area (Å²) in [7, 11) is 0. The van der Waals surface area contributed by atoms with Crippen molar-refractivity contribution in [3.05, 3.63) is 23.2 Å². The van der Waals surface area contributed by atoms with Crippen LogP contribution in [0, 0.1) is 0 Å². The van der Waals surface area contributed by atoms with E-state index in [0.717, 1.165) is 10.2 Å². The molecule has 84 valence electrons. The summed E-state index contributed by atoms with van der Waals surface area (Å²) in [6, 6.07) is 5.20. The first-order valence-electron chi connectivity index (χ1n) is 4.80. The molecule has 0 bridgehead atoms. The van der Waals surface area contributed by atoms with E-state index in [1.165, 1.54) is 11.3 Å². The van der Waals surface area contributed by atoms with Crippen LogP contribution in [0.1, 0.15) is 6.92 Å². The Hall–Kier alpha value is -1.33. The Morgan fingerprint density at radius 2 is 2.38 bits per heavy atom. The fraction of sp³-hybridized carbons (Fsp3) is 0.200. The molecule has 0 radical (unpaired) electrons. The van der Waals surface area contributed by atoms with Crippen molar-refractivity contribution in [2.75, 3.05) is 11.9 Å². The molecule has 0 spiro atoms. The molecule has 0 aliphatic rings. The number of halogens is 1. The molecule has 2 amide bonds. The SMILES string of the molecule is CCNC(=O)Nc1nc2ccc(Cl)cc2s1. The lowest BCUT2D eigenvalue weighted by molar-refractivity contribution is 0.252. The highest BCUT2D eigenvalue weighted by Crippen LogP contribution is 2.28. The number of rotatable bonds is 2. The Morgan fingerprint density at radius 3 is 3.12 bits per heavy atom. The third-order valence-electron chi connectivity index (χ3n) is 1.91. The highest BCUT2D eigenvalue weighted by atomic mass is 35.5. The number of nitrogens with zero attached hydrogens (tertiary/aromatic N) is 1. The van der Waals surface area contributed by atoms with E-state index in [2.05, 4.69) is 15.6 Å². The van der Waals surface area contributed by atoms with Crippen molar-refractivity contribution in [1.29, 1.82) is 0 Å². The van der Waals surface area contributed by atoms with Crippen LogP contribution in [-0.2, 0) is 0 Å². The first kappa shape index (κ1) is 11.2. The van der Waals surface area contributed by atoms with Crippen LogP contribution in [0.25, 0.3) is 10.2 Å². The highest BCUT2D eigenvalue weighted by Gasteiger charge is 2.06. The Bertz CT molecular complexity index is 526. The number of urea groups is 1. The minimum atomic E-state index is -0.243. The smallest absolute Gasteiger partial charge is 0.321 e. The fourth-order valence-corrected chi connectivity index (χ4v) is 2.39. The van der Waals surface area contributed by atoms with Crippen LogP contribution < -0.4 is 10.6 Å². The van der Waals surface area contributed by atoms with E-state index in [-0.39, 0.29) is 6.03 Å². The molecule has 1 aromatic carbocycles. The maximum absolute atomic E-state index is 11.3. The van der Waals surface area contributed by atoms with Crippen molar-refractivity contribution < 1.29 is 4.79 Å².